The van der Waals surface area contributed by atoms with E-state index in [2.05, 4.69) is 4.98 Å². The van der Waals surface area contributed by atoms with E-state index in [1.54, 1.807) is 0 Å². The van der Waals surface area contributed by atoms with Gasteiger partial charge < -0.3 is 29.8 Å². The average Bonchev–Trinajstić information content (AvgIpc) is 3.11. The summed E-state index contributed by atoms with van der Waals surface area (Å²) >= 11 is 6.40. The van der Waals surface area contributed by atoms with Gasteiger partial charge in [-0.25, -0.2) is 9.59 Å². The quantitative estimate of drug-likeness (QED) is 0.391. The molecule has 0 bridgehead atoms. The second kappa shape index (κ2) is 9.92. The van der Waals surface area contributed by atoms with Gasteiger partial charge in [-0.2, -0.15) is 0 Å². The fraction of sp³-hybridized carbons (Fsp3) is 0.409. The number of nitrogens with two attached hydrogens (primary N) is 1. The molecule has 0 aliphatic carbocycles. The van der Waals surface area contributed by atoms with Crippen molar-refractivity contribution in [3.05, 3.63) is 57.3 Å². The van der Waals surface area contributed by atoms with E-state index in [0.29, 0.717) is 5.69 Å². The molecule has 2 atom stereocenters. The first-order valence-corrected chi connectivity index (χ1v) is 10.6. The van der Waals surface area contributed by atoms with Crippen LogP contribution in [0.15, 0.2) is 39.5 Å². The van der Waals surface area contributed by atoms with Gasteiger partial charge in [-0.05, 0) is 39.0 Å². The fourth-order valence-corrected chi connectivity index (χ4v) is 3.32. The SMILES string of the molecule is Cc1cccc(C(C)Oc2cc3oc(=O)n([C@H](C)C(=O)OCC(N)(CO)CO)c3cc2Cl)n1. The van der Waals surface area contributed by atoms with Crippen LogP contribution in [-0.4, -0.2) is 51.1 Å². The summed E-state index contributed by atoms with van der Waals surface area (Å²) in [4.78, 5) is 29.4. The summed E-state index contributed by atoms with van der Waals surface area (Å²) in [5.74, 6) is -1.30. The number of aliphatic hydroxyl groups excluding tert-OH is 2. The van der Waals surface area contributed by atoms with Gasteiger partial charge in [0.05, 0.1) is 35.0 Å². The van der Waals surface area contributed by atoms with Crippen molar-refractivity contribution in [1.29, 1.82) is 0 Å². The minimum atomic E-state index is -1.49. The molecule has 33 heavy (non-hydrogen) atoms. The number of hydrogen-bond donors (Lipinski definition) is 3. The van der Waals surface area contributed by atoms with Crippen LogP contribution >= 0.6 is 11.6 Å². The van der Waals surface area contributed by atoms with Gasteiger partial charge in [0.2, 0.25) is 0 Å². The van der Waals surface area contributed by atoms with Crippen LogP contribution in [0.1, 0.15) is 37.4 Å². The molecular formula is C22H26ClN3O7. The van der Waals surface area contributed by atoms with Crippen LogP contribution in [0.4, 0.5) is 0 Å². The van der Waals surface area contributed by atoms with Crippen molar-refractivity contribution < 1.29 is 28.9 Å². The molecule has 11 heteroatoms. The Kier molecular flexibility index (Phi) is 7.43. The predicted octanol–water partition coefficient (Wildman–Crippen LogP) is 1.88. The van der Waals surface area contributed by atoms with Crippen molar-refractivity contribution in [3.8, 4) is 5.75 Å². The summed E-state index contributed by atoms with van der Waals surface area (Å²) < 4.78 is 17.4. The van der Waals surface area contributed by atoms with Crippen molar-refractivity contribution in [2.75, 3.05) is 19.8 Å². The highest BCUT2D eigenvalue weighted by atomic mass is 35.5. The number of carbonyl (C=O) groups excluding carboxylic acids is 1. The van der Waals surface area contributed by atoms with E-state index in [1.165, 1.54) is 19.1 Å². The second-order valence-electron chi connectivity index (χ2n) is 7.91. The minimum Gasteiger partial charge on any atom is -0.483 e. The number of benzene rings is 1. The molecule has 10 nitrogen and oxygen atoms in total. The molecule has 0 fully saturated rings. The molecular weight excluding hydrogens is 454 g/mol. The number of nitrogens with zero attached hydrogens (tertiary/aromatic N) is 2. The number of aliphatic hydroxyl groups is 2. The molecule has 4 N–H and O–H groups in total. The van der Waals surface area contributed by atoms with E-state index in [9.17, 15) is 19.8 Å². The van der Waals surface area contributed by atoms with Gasteiger partial charge in [0.15, 0.2) is 5.58 Å². The maximum Gasteiger partial charge on any atom is 0.420 e. The van der Waals surface area contributed by atoms with Crippen molar-refractivity contribution >= 4 is 28.7 Å². The average molecular weight is 480 g/mol. The number of halogens is 1. The molecule has 0 amide bonds. The van der Waals surface area contributed by atoms with E-state index >= 15 is 0 Å². The minimum absolute atomic E-state index is 0.169. The number of ether oxygens (including phenoxy) is 2. The van der Waals surface area contributed by atoms with E-state index in [1.807, 2.05) is 32.0 Å². The van der Waals surface area contributed by atoms with Crippen LogP contribution in [0.5, 0.6) is 5.75 Å². The first-order chi connectivity index (χ1) is 15.6. The molecule has 178 valence electrons. The first-order valence-electron chi connectivity index (χ1n) is 10.2. The molecule has 2 aromatic heterocycles. The molecule has 1 aromatic carbocycles. The molecule has 0 spiro atoms. The molecule has 0 aliphatic heterocycles. The van der Waals surface area contributed by atoms with Crippen LogP contribution in [0.2, 0.25) is 5.02 Å². The Morgan fingerprint density at radius 2 is 2.00 bits per heavy atom. The third-order valence-electron chi connectivity index (χ3n) is 5.16. The van der Waals surface area contributed by atoms with Crippen LogP contribution in [0.25, 0.3) is 11.1 Å². The summed E-state index contributed by atoms with van der Waals surface area (Å²) in [5, 5.41) is 18.7. The number of rotatable bonds is 9. The number of pyridine rings is 1. The number of carbonyl (C=O) groups is 1. The number of fused-ring (bicyclic) bond motifs is 1. The lowest BCUT2D eigenvalue weighted by Gasteiger charge is -2.24. The summed E-state index contributed by atoms with van der Waals surface area (Å²) in [5.41, 5.74) is 6.22. The zero-order chi connectivity index (χ0) is 24.3. The largest absolute Gasteiger partial charge is 0.483 e. The summed E-state index contributed by atoms with van der Waals surface area (Å²) in [6.07, 6.45) is -0.419. The Hall–Kier alpha value is -2.92. The Balaban J connectivity index is 1.85. The van der Waals surface area contributed by atoms with Gasteiger partial charge in [0.1, 0.15) is 24.5 Å². The molecule has 0 saturated heterocycles. The van der Waals surface area contributed by atoms with E-state index in [-0.39, 0.29) is 21.9 Å². The molecule has 1 unspecified atom stereocenters. The maximum atomic E-state index is 12.5. The predicted molar refractivity (Wildman–Crippen MR) is 120 cm³/mol. The number of oxazole rings is 1. The molecule has 3 aromatic rings. The molecule has 0 saturated carbocycles. The van der Waals surface area contributed by atoms with Crippen LogP contribution in [0.3, 0.4) is 0 Å². The highest BCUT2D eigenvalue weighted by Gasteiger charge is 2.29. The molecule has 0 radical (unpaired) electrons. The van der Waals surface area contributed by atoms with Gasteiger partial charge in [-0.1, -0.05) is 17.7 Å². The maximum absolute atomic E-state index is 12.5. The number of esters is 1. The highest BCUT2D eigenvalue weighted by Crippen LogP contribution is 2.33. The van der Waals surface area contributed by atoms with Crippen molar-refractivity contribution in [1.82, 2.24) is 9.55 Å². The van der Waals surface area contributed by atoms with Crippen molar-refractivity contribution in [2.45, 2.75) is 38.5 Å². The second-order valence-corrected chi connectivity index (χ2v) is 8.32. The normalized spacial score (nSPS) is 13.7. The monoisotopic (exact) mass is 479 g/mol. The summed E-state index contributed by atoms with van der Waals surface area (Å²) in [6, 6.07) is 7.43. The fourth-order valence-electron chi connectivity index (χ4n) is 3.12. The lowest BCUT2D eigenvalue weighted by Crippen LogP contribution is -2.52. The van der Waals surface area contributed by atoms with Crippen molar-refractivity contribution in [2.24, 2.45) is 5.73 Å². The molecule has 2 heterocycles. The van der Waals surface area contributed by atoms with Crippen LogP contribution in [0, 0.1) is 6.92 Å². The third kappa shape index (κ3) is 5.36. The lowest BCUT2D eigenvalue weighted by molar-refractivity contribution is -0.150. The van der Waals surface area contributed by atoms with Crippen LogP contribution < -0.4 is 16.2 Å². The Labute approximate surface area is 194 Å². The van der Waals surface area contributed by atoms with E-state index in [0.717, 1.165) is 10.3 Å². The zero-order valence-corrected chi connectivity index (χ0v) is 19.2. The van der Waals surface area contributed by atoms with Crippen molar-refractivity contribution in [3.63, 3.8) is 0 Å². The Bertz CT molecular complexity index is 1200. The summed E-state index contributed by atoms with van der Waals surface area (Å²) in [6.45, 7) is 3.52. The van der Waals surface area contributed by atoms with E-state index in [4.69, 9.17) is 31.2 Å². The van der Waals surface area contributed by atoms with Gasteiger partial charge in [0.25, 0.3) is 0 Å². The smallest absolute Gasteiger partial charge is 0.420 e. The number of hydrogen-bond acceptors (Lipinski definition) is 9. The standard InChI is InChI=1S/C22H26ClN3O7/c1-12-5-4-6-16(25-12)14(3)32-18-8-19-17(7-15(18)23)26(21(30)33-19)13(2)20(29)31-11-22(24,9-27)10-28/h4-8,13-14,27-28H,9-11,24H2,1-3H3/t13-,14?/m1/s1. The first kappa shape index (κ1) is 24.7. The molecule has 3 rings (SSSR count). The van der Waals surface area contributed by atoms with Crippen LogP contribution in [-0.2, 0) is 9.53 Å². The highest BCUT2D eigenvalue weighted by molar-refractivity contribution is 6.32. The van der Waals surface area contributed by atoms with Gasteiger partial charge >= 0.3 is 11.7 Å². The van der Waals surface area contributed by atoms with E-state index < -0.39 is 49.2 Å². The van der Waals surface area contributed by atoms with Gasteiger partial charge in [0, 0.05) is 11.8 Å². The summed E-state index contributed by atoms with van der Waals surface area (Å²) in [7, 11) is 0. The lowest BCUT2D eigenvalue weighted by atomic mass is 10.1. The number of aryl methyl sites for hydroxylation is 1. The Morgan fingerprint density at radius 1 is 1.30 bits per heavy atom. The van der Waals surface area contributed by atoms with Gasteiger partial charge in [-0.15, -0.1) is 0 Å². The Morgan fingerprint density at radius 3 is 2.64 bits per heavy atom. The number of aromatic nitrogens is 2. The van der Waals surface area contributed by atoms with Gasteiger partial charge in [-0.3, -0.25) is 9.55 Å². The molecule has 0 aliphatic rings. The topological polar surface area (TPSA) is 150 Å². The third-order valence-corrected chi connectivity index (χ3v) is 5.45. The zero-order valence-electron chi connectivity index (χ0n) is 18.4.